The number of rotatable bonds is 4. The zero-order valence-electron chi connectivity index (χ0n) is 10.9. The minimum atomic E-state index is -2.91. The molecular formula is C12H17NO5S. The van der Waals surface area contributed by atoms with Crippen molar-refractivity contribution in [3.05, 3.63) is 23.2 Å². The summed E-state index contributed by atoms with van der Waals surface area (Å²) in [5.74, 6) is -0.218. The Labute approximate surface area is 111 Å². The number of carboxylic acid groups (broad SMARTS) is 1. The first kappa shape index (κ1) is 14.1. The summed E-state index contributed by atoms with van der Waals surface area (Å²) in [4.78, 5) is 12.7. The third-order valence-corrected chi connectivity index (χ3v) is 5.23. The van der Waals surface area contributed by atoms with Crippen molar-refractivity contribution in [2.24, 2.45) is 0 Å². The van der Waals surface area contributed by atoms with Gasteiger partial charge in [-0.05, 0) is 26.5 Å². The summed E-state index contributed by atoms with van der Waals surface area (Å²) in [6, 6.07) is 1.49. The molecule has 1 aliphatic heterocycles. The van der Waals surface area contributed by atoms with Crippen LogP contribution in [0.4, 0.5) is 0 Å². The molecule has 0 bridgehead atoms. The Kier molecular flexibility index (Phi) is 3.69. The minimum absolute atomic E-state index is 0.00687. The van der Waals surface area contributed by atoms with Crippen LogP contribution < -0.4 is 0 Å². The van der Waals surface area contributed by atoms with Gasteiger partial charge in [0.2, 0.25) is 5.76 Å². The van der Waals surface area contributed by atoms with E-state index in [0.717, 1.165) is 5.56 Å². The molecule has 1 saturated heterocycles. The van der Waals surface area contributed by atoms with E-state index in [9.17, 15) is 13.2 Å². The van der Waals surface area contributed by atoms with Crippen LogP contribution in [0, 0.1) is 6.92 Å². The van der Waals surface area contributed by atoms with Crippen molar-refractivity contribution in [2.45, 2.75) is 25.9 Å². The van der Waals surface area contributed by atoms with Gasteiger partial charge in [-0.3, -0.25) is 4.90 Å². The molecule has 19 heavy (non-hydrogen) atoms. The molecule has 106 valence electrons. The van der Waals surface area contributed by atoms with E-state index in [2.05, 4.69) is 0 Å². The summed E-state index contributed by atoms with van der Waals surface area (Å²) in [7, 11) is -1.06. The lowest BCUT2D eigenvalue weighted by atomic mass is 10.2. The number of aryl methyl sites for hydroxylation is 1. The predicted octanol–water partition coefficient (Wildman–Crippen LogP) is 0.905. The van der Waals surface area contributed by atoms with Crippen molar-refractivity contribution >= 4 is 15.8 Å². The lowest BCUT2D eigenvalue weighted by Crippen LogP contribution is -2.32. The summed E-state index contributed by atoms with van der Waals surface area (Å²) >= 11 is 0. The average molecular weight is 287 g/mol. The molecule has 0 aromatic carbocycles. The fourth-order valence-electron chi connectivity index (χ4n) is 2.30. The van der Waals surface area contributed by atoms with Gasteiger partial charge in [0.25, 0.3) is 0 Å². The van der Waals surface area contributed by atoms with Crippen LogP contribution in [0.2, 0.25) is 0 Å². The van der Waals surface area contributed by atoms with E-state index in [-0.39, 0.29) is 23.3 Å². The molecule has 0 saturated carbocycles. The number of aromatic carboxylic acids is 1. The van der Waals surface area contributed by atoms with Gasteiger partial charge in [-0.2, -0.15) is 0 Å². The van der Waals surface area contributed by atoms with E-state index in [4.69, 9.17) is 9.52 Å². The quantitative estimate of drug-likeness (QED) is 0.885. The first-order chi connectivity index (χ1) is 8.78. The molecule has 0 aliphatic carbocycles. The second-order valence-corrected chi connectivity index (χ2v) is 7.20. The molecule has 0 spiro atoms. The van der Waals surface area contributed by atoms with Crippen molar-refractivity contribution in [1.82, 2.24) is 4.90 Å². The minimum Gasteiger partial charge on any atom is -0.475 e. The van der Waals surface area contributed by atoms with Crippen LogP contribution >= 0.6 is 0 Å². The number of furan rings is 1. The Balaban J connectivity index is 2.07. The highest BCUT2D eigenvalue weighted by molar-refractivity contribution is 7.91. The first-order valence-corrected chi connectivity index (χ1v) is 7.84. The van der Waals surface area contributed by atoms with Gasteiger partial charge in [-0.1, -0.05) is 0 Å². The third kappa shape index (κ3) is 3.16. The van der Waals surface area contributed by atoms with E-state index < -0.39 is 15.8 Å². The lowest BCUT2D eigenvalue weighted by Gasteiger charge is -2.22. The molecule has 2 heterocycles. The molecule has 1 unspecified atom stereocenters. The Hall–Kier alpha value is -1.34. The lowest BCUT2D eigenvalue weighted by molar-refractivity contribution is 0.0661. The second-order valence-electron chi connectivity index (χ2n) is 4.97. The Morgan fingerprint density at radius 1 is 1.58 bits per heavy atom. The fourth-order valence-corrected chi connectivity index (χ4v) is 4.11. The predicted molar refractivity (Wildman–Crippen MR) is 68.9 cm³/mol. The van der Waals surface area contributed by atoms with Crippen molar-refractivity contribution in [3.8, 4) is 0 Å². The van der Waals surface area contributed by atoms with Gasteiger partial charge in [0.1, 0.15) is 5.76 Å². The third-order valence-electron chi connectivity index (χ3n) is 3.48. The number of hydrogen-bond donors (Lipinski definition) is 1. The van der Waals surface area contributed by atoms with Crippen LogP contribution in [0.15, 0.2) is 10.5 Å². The smallest absolute Gasteiger partial charge is 0.371 e. The second kappa shape index (κ2) is 4.97. The fraction of sp³-hybridized carbons (Fsp3) is 0.583. The van der Waals surface area contributed by atoms with Crippen LogP contribution in [0.5, 0.6) is 0 Å². The number of carboxylic acids is 1. The van der Waals surface area contributed by atoms with E-state index in [1.807, 2.05) is 11.9 Å². The Morgan fingerprint density at radius 2 is 2.26 bits per heavy atom. The molecule has 1 aromatic rings. The standard InChI is InChI=1S/C12H17NO5S/c1-8-9(5-11(18-8)12(14)15)6-13(2)10-3-4-19(16,17)7-10/h5,10H,3-4,6-7H2,1-2H3,(H,14,15). The summed E-state index contributed by atoms with van der Waals surface area (Å²) in [5, 5.41) is 8.85. The summed E-state index contributed by atoms with van der Waals surface area (Å²) in [6.45, 7) is 2.20. The van der Waals surface area contributed by atoms with Crippen molar-refractivity contribution in [3.63, 3.8) is 0 Å². The summed E-state index contributed by atoms with van der Waals surface area (Å²) in [5.41, 5.74) is 0.782. The van der Waals surface area contributed by atoms with Gasteiger partial charge >= 0.3 is 5.97 Å². The number of carbonyl (C=O) groups is 1. The van der Waals surface area contributed by atoms with Crippen molar-refractivity contribution in [1.29, 1.82) is 0 Å². The van der Waals surface area contributed by atoms with Crippen LogP contribution in [0.25, 0.3) is 0 Å². The van der Waals surface area contributed by atoms with Crippen LogP contribution in [-0.2, 0) is 16.4 Å². The van der Waals surface area contributed by atoms with Crippen molar-refractivity contribution < 1.29 is 22.7 Å². The van der Waals surface area contributed by atoms with Crippen molar-refractivity contribution in [2.75, 3.05) is 18.6 Å². The maximum absolute atomic E-state index is 11.4. The molecule has 0 radical (unpaired) electrons. The maximum Gasteiger partial charge on any atom is 0.371 e. The monoisotopic (exact) mass is 287 g/mol. The topological polar surface area (TPSA) is 87.8 Å². The van der Waals surface area contributed by atoms with Gasteiger partial charge in [0, 0.05) is 18.2 Å². The van der Waals surface area contributed by atoms with Gasteiger partial charge < -0.3 is 9.52 Å². The van der Waals surface area contributed by atoms with E-state index >= 15 is 0 Å². The van der Waals surface area contributed by atoms with Crippen LogP contribution in [0.1, 0.15) is 28.3 Å². The largest absolute Gasteiger partial charge is 0.475 e. The molecule has 0 amide bonds. The zero-order chi connectivity index (χ0) is 14.2. The van der Waals surface area contributed by atoms with Gasteiger partial charge in [0.05, 0.1) is 11.5 Å². The number of hydrogen-bond acceptors (Lipinski definition) is 5. The highest BCUT2D eigenvalue weighted by Crippen LogP contribution is 2.21. The SMILES string of the molecule is Cc1oc(C(=O)O)cc1CN(C)C1CCS(=O)(=O)C1. The maximum atomic E-state index is 11.4. The first-order valence-electron chi connectivity index (χ1n) is 6.02. The van der Waals surface area contributed by atoms with Gasteiger partial charge in [0.15, 0.2) is 9.84 Å². The van der Waals surface area contributed by atoms with E-state index in [0.29, 0.717) is 18.7 Å². The van der Waals surface area contributed by atoms with E-state index in [1.54, 1.807) is 6.92 Å². The molecule has 1 aromatic heterocycles. The molecule has 6 nitrogen and oxygen atoms in total. The Morgan fingerprint density at radius 3 is 2.74 bits per heavy atom. The molecule has 1 N–H and O–H groups in total. The Bertz CT molecular complexity index is 589. The van der Waals surface area contributed by atoms with Gasteiger partial charge in [-0.25, -0.2) is 13.2 Å². The average Bonchev–Trinajstić information content (AvgIpc) is 2.83. The molecule has 1 atom stereocenters. The molecule has 2 rings (SSSR count). The van der Waals surface area contributed by atoms with E-state index in [1.165, 1.54) is 6.07 Å². The summed E-state index contributed by atoms with van der Waals surface area (Å²) in [6.07, 6.45) is 0.627. The molecule has 7 heteroatoms. The van der Waals surface area contributed by atoms with Crippen LogP contribution in [-0.4, -0.2) is 49.0 Å². The zero-order valence-corrected chi connectivity index (χ0v) is 11.7. The highest BCUT2D eigenvalue weighted by Gasteiger charge is 2.31. The summed E-state index contributed by atoms with van der Waals surface area (Å²) < 4.78 is 28.0. The molecular weight excluding hydrogens is 270 g/mol. The number of sulfone groups is 1. The van der Waals surface area contributed by atoms with Gasteiger partial charge in [-0.15, -0.1) is 0 Å². The molecule has 1 aliphatic rings. The molecule has 1 fully saturated rings. The normalized spacial score (nSPS) is 21.9. The highest BCUT2D eigenvalue weighted by atomic mass is 32.2. The van der Waals surface area contributed by atoms with Crippen LogP contribution in [0.3, 0.4) is 0 Å². The number of nitrogens with zero attached hydrogens (tertiary/aromatic N) is 1.